The third kappa shape index (κ3) is 7.49. The van der Waals surface area contributed by atoms with Crippen molar-refractivity contribution in [1.29, 1.82) is 0 Å². The molecule has 0 aliphatic heterocycles. The monoisotopic (exact) mass is 544 g/mol. The van der Waals surface area contributed by atoms with Gasteiger partial charge in [0.25, 0.3) is 0 Å². The number of benzene rings is 3. The molecule has 12 heteroatoms. The number of methoxy groups -OCH3 is 1. The molecule has 0 saturated carbocycles. The topological polar surface area (TPSA) is 134 Å². The average molecular weight is 545 g/mol. The number of hydrogen-bond donors (Lipinski definition) is 2. The first-order valence-corrected chi connectivity index (χ1v) is 12.8. The summed E-state index contributed by atoms with van der Waals surface area (Å²) in [5.41, 5.74) is 4.07. The molecule has 0 radical (unpaired) electrons. The molecule has 0 aliphatic carbocycles. The Morgan fingerprint density at radius 3 is 2.35 bits per heavy atom. The number of primary sulfonamides is 1. The molecule has 4 aromatic rings. The molecular weight excluding hydrogens is 516 g/mol. The highest BCUT2D eigenvalue weighted by molar-refractivity contribution is 7.89. The lowest BCUT2D eigenvalue weighted by Crippen LogP contribution is -2.17. The van der Waals surface area contributed by atoms with Crippen molar-refractivity contribution in [2.75, 3.05) is 13.7 Å². The minimum atomic E-state index is -3.67. The fourth-order valence-electron chi connectivity index (χ4n) is 3.58. The van der Waals surface area contributed by atoms with Gasteiger partial charge in [0.2, 0.25) is 10.0 Å². The predicted octanol–water partition coefficient (Wildman–Crippen LogP) is 2.96. The van der Waals surface area contributed by atoms with E-state index in [1.165, 1.54) is 12.1 Å². The lowest BCUT2D eigenvalue weighted by atomic mass is 10.1. The van der Waals surface area contributed by atoms with Crippen molar-refractivity contribution in [3.63, 3.8) is 0 Å². The number of halogens is 1. The van der Waals surface area contributed by atoms with Crippen LogP contribution in [0.1, 0.15) is 22.5 Å². The number of aromatic nitrogens is 4. The number of tetrazole rings is 1. The van der Waals surface area contributed by atoms with Crippen LogP contribution in [0.2, 0.25) is 0 Å². The Kier molecular flexibility index (Phi) is 9.59. The number of nitrogens with two attached hydrogens (primary N) is 1. The van der Waals surface area contributed by atoms with Crippen LogP contribution in [0.4, 0.5) is 0 Å². The molecule has 0 atom stereocenters. The first-order chi connectivity index (χ1) is 17.3. The Morgan fingerprint density at radius 1 is 0.973 bits per heavy atom. The summed E-state index contributed by atoms with van der Waals surface area (Å²) in [6.45, 7) is 3.56. The van der Waals surface area contributed by atoms with Crippen molar-refractivity contribution in [2.24, 2.45) is 5.14 Å². The molecule has 3 N–H and O–H groups in total. The van der Waals surface area contributed by atoms with Gasteiger partial charge in [-0.2, -0.15) is 4.68 Å². The largest absolute Gasteiger partial charge is 0.493 e. The van der Waals surface area contributed by atoms with Crippen LogP contribution in [0.5, 0.6) is 11.5 Å². The van der Waals surface area contributed by atoms with Crippen molar-refractivity contribution < 1.29 is 17.9 Å². The molecular formula is C25H29ClN6O4S. The Balaban J connectivity index is 0.00000380. The van der Waals surface area contributed by atoms with Gasteiger partial charge in [-0.05, 0) is 77.8 Å². The Bertz CT molecular complexity index is 1410. The van der Waals surface area contributed by atoms with Gasteiger partial charge < -0.3 is 14.8 Å². The molecule has 0 aliphatic rings. The average Bonchev–Trinajstić information content (AvgIpc) is 3.34. The van der Waals surface area contributed by atoms with E-state index in [9.17, 15) is 8.42 Å². The maximum absolute atomic E-state index is 11.4. The fraction of sp³-hybridized carbons (Fsp3) is 0.240. The number of nitrogens with one attached hydrogen (secondary N) is 1. The molecule has 1 heterocycles. The number of sulfonamides is 1. The fourth-order valence-corrected chi connectivity index (χ4v) is 4.09. The second-order valence-corrected chi connectivity index (χ2v) is 9.79. The first-order valence-electron chi connectivity index (χ1n) is 11.3. The van der Waals surface area contributed by atoms with E-state index in [0.717, 1.165) is 35.3 Å². The lowest BCUT2D eigenvalue weighted by Gasteiger charge is -2.13. The van der Waals surface area contributed by atoms with Crippen LogP contribution >= 0.6 is 12.4 Å². The van der Waals surface area contributed by atoms with Crippen LogP contribution in [-0.2, 0) is 29.6 Å². The number of rotatable bonds is 11. The van der Waals surface area contributed by atoms with Crippen molar-refractivity contribution in [3.05, 3.63) is 89.2 Å². The van der Waals surface area contributed by atoms with Gasteiger partial charge in [-0.1, -0.05) is 35.9 Å². The molecule has 196 valence electrons. The smallest absolute Gasteiger partial charge is 0.238 e. The van der Waals surface area contributed by atoms with Gasteiger partial charge in [0.05, 0.1) is 17.7 Å². The Morgan fingerprint density at radius 2 is 1.68 bits per heavy atom. The van der Waals surface area contributed by atoms with Crippen LogP contribution in [0, 0.1) is 6.92 Å². The maximum atomic E-state index is 11.4. The lowest BCUT2D eigenvalue weighted by molar-refractivity contribution is 0.273. The van der Waals surface area contributed by atoms with E-state index in [1.54, 1.807) is 23.9 Å². The maximum Gasteiger partial charge on any atom is 0.238 e. The zero-order valence-electron chi connectivity index (χ0n) is 20.5. The van der Waals surface area contributed by atoms with Crippen molar-refractivity contribution in [1.82, 2.24) is 25.5 Å². The highest BCUT2D eigenvalue weighted by atomic mass is 35.5. The van der Waals surface area contributed by atoms with E-state index in [4.69, 9.17) is 14.6 Å². The standard InChI is InChI=1S/C25H28N6O4S.ClH/c1-18-3-8-21(9-4-18)31-25(28-29-30-31)17-35-23-12-7-20(15-24(23)34-2)16-27-14-13-19-5-10-22(11-6-19)36(26,32)33;/h3-12,15,27H,13-14,16-17H2,1-2H3,(H2,26,32,33);1H. The molecule has 3 aromatic carbocycles. The third-order valence-corrected chi connectivity index (χ3v) is 6.50. The second-order valence-electron chi connectivity index (χ2n) is 8.23. The highest BCUT2D eigenvalue weighted by Crippen LogP contribution is 2.29. The molecule has 0 bridgehead atoms. The summed E-state index contributed by atoms with van der Waals surface area (Å²) >= 11 is 0. The van der Waals surface area contributed by atoms with Gasteiger partial charge in [0.1, 0.15) is 0 Å². The van der Waals surface area contributed by atoms with Crippen molar-refractivity contribution >= 4 is 22.4 Å². The van der Waals surface area contributed by atoms with Gasteiger partial charge >= 0.3 is 0 Å². The van der Waals surface area contributed by atoms with Crippen molar-refractivity contribution in [3.8, 4) is 17.2 Å². The zero-order chi connectivity index (χ0) is 25.5. The summed E-state index contributed by atoms with van der Waals surface area (Å²) in [4.78, 5) is 0.111. The van der Waals surface area contributed by atoms with Crippen LogP contribution in [0.3, 0.4) is 0 Å². The summed E-state index contributed by atoms with van der Waals surface area (Å²) in [7, 11) is -2.07. The molecule has 0 saturated heterocycles. The van der Waals surface area contributed by atoms with E-state index in [-0.39, 0.29) is 23.9 Å². The van der Waals surface area contributed by atoms with Crippen LogP contribution < -0.4 is 19.9 Å². The van der Waals surface area contributed by atoms with Crippen LogP contribution in [-0.4, -0.2) is 42.3 Å². The SMILES string of the molecule is COc1cc(CNCCc2ccc(S(N)(=O)=O)cc2)ccc1OCc1nnnn1-c1ccc(C)cc1.Cl. The molecule has 1 aromatic heterocycles. The molecule has 4 rings (SSSR count). The predicted molar refractivity (Wildman–Crippen MR) is 142 cm³/mol. The van der Waals surface area contributed by atoms with Crippen LogP contribution in [0.15, 0.2) is 71.6 Å². The summed E-state index contributed by atoms with van der Waals surface area (Å²) < 4.78 is 35.9. The van der Waals surface area contributed by atoms with Gasteiger partial charge in [-0.25, -0.2) is 13.6 Å². The number of hydrogen-bond acceptors (Lipinski definition) is 8. The van der Waals surface area contributed by atoms with E-state index in [0.29, 0.717) is 23.9 Å². The minimum Gasteiger partial charge on any atom is -0.493 e. The zero-order valence-corrected chi connectivity index (χ0v) is 22.1. The van der Waals surface area contributed by atoms with E-state index >= 15 is 0 Å². The number of ether oxygens (including phenoxy) is 2. The molecule has 0 fully saturated rings. The van der Waals surface area contributed by atoms with Gasteiger partial charge in [-0.3, -0.25) is 0 Å². The molecule has 0 unspecified atom stereocenters. The van der Waals surface area contributed by atoms with E-state index < -0.39 is 10.0 Å². The molecule has 0 spiro atoms. The van der Waals surface area contributed by atoms with Gasteiger partial charge in [-0.15, -0.1) is 17.5 Å². The summed E-state index contributed by atoms with van der Waals surface area (Å²) in [5.74, 6) is 1.78. The highest BCUT2D eigenvalue weighted by Gasteiger charge is 2.12. The quantitative estimate of drug-likeness (QED) is 0.275. The molecule has 37 heavy (non-hydrogen) atoms. The summed E-state index contributed by atoms with van der Waals surface area (Å²) in [5, 5.41) is 20.4. The normalized spacial score (nSPS) is 11.1. The van der Waals surface area contributed by atoms with Crippen LogP contribution in [0.25, 0.3) is 5.69 Å². The third-order valence-electron chi connectivity index (χ3n) is 5.57. The van der Waals surface area contributed by atoms with Gasteiger partial charge in [0.15, 0.2) is 23.9 Å². The minimum absolute atomic E-state index is 0. The molecule has 0 amide bonds. The Hall–Kier alpha value is -3.51. The van der Waals surface area contributed by atoms with E-state index in [2.05, 4.69) is 20.8 Å². The van der Waals surface area contributed by atoms with Gasteiger partial charge in [0, 0.05) is 6.54 Å². The number of nitrogens with zero attached hydrogens (tertiary/aromatic N) is 4. The Labute approximate surface area is 222 Å². The second kappa shape index (κ2) is 12.6. The summed E-state index contributed by atoms with van der Waals surface area (Å²) in [6, 6.07) is 20.2. The molecule has 10 nitrogen and oxygen atoms in total. The first kappa shape index (κ1) is 28.1. The number of aryl methyl sites for hydroxylation is 1. The van der Waals surface area contributed by atoms with Crippen molar-refractivity contribution in [2.45, 2.75) is 31.4 Å². The van der Waals surface area contributed by atoms with E-state index in [1.807, 2.05) is 49.4 Å². The summed E-state index contributed by atoms with van der Waals surface area (Å²) in [6.07, 6.45) is 0.749.